The van der Waals surface area contributed by atoms with Gasteiger partial charge in [-0.2, -0.15) is 0 Å². The second-order valence-corrected chi connectivity index (χ2v) is 6.12. The van der Waals surface area contributed by atoms with Crippen LogP contribution in [-0.2, 0) is 0 Å². The number of methoxy groups -OCH3 is 1. The molecule has 0 aliphatic carbocycles. The average Bonchev–Trinajstić information content (AvgIpc) is 2.58. The minimum atomic E-state index is -0.721. The summed E-state index contributed by atoms with van der Waals surface area (Å²) in [5.41, 5.74) is -0.603. The van der Waals surface area contributed by atoms with Crippen LogP contribution in [0.2, 0.25) is 0 Å². The average molecular weight is 360 g/mol. The molecule has 1 aromatic heterocycles. The zero-order valence-electron chi connectivity index (χ0n) is 15.4. The van der Waals surface area contributed by atoms with Gasteiger partial charge in [0.2, 0.25) is 5.88 Å². The van der Waals surface area contributed by atoms with Gasteiger partial charge in [-0.3, -0.25) is 14.8 Å². The third-order valence-electron chi connectivity index (χ3n) is 3.89. The second-order valence-electron chi connectivity index (χ2n) is 6.12. The normalized spacial score (nSPS) is 11.8. The SMILES string of the molecule is COc1ccc(-n2c(O)c(C(C)=NCCCN(C)C)c(=O)[nH]c2=O)cc1. The van der Waals surface area contributed by atoms with Crippen LogP contribution in [0, 0.1) is 0 Å². The lowest BCUT2D eigenvalue weighted by Crippen LogP contribution is -2.32. The quantitative estimate of drug-likeness (QED) is 0.567. The van der Waals surface area contributed by atoms with Gasteiger partial charge in [0.05, 0.1) is 12.8 Å². The van der Waals surface area contributed by atoms with Gasteiger partial charge in [0.15, 0.2) is 0 Å². The number of aromatic hydroxyl groups is 1. The maximum absolute atomic E-state index is 12.2. The third kappa shape index (κ3) is 4.40. The molecule has 0 unspecified atom stereocenters. The Balaban J connectivity index is 2.43. The molecule has 2 aromatic rings. The van der Waals surface area contributed by atoms with E-state index in [1.165, 1.54) is 7.11 Å². The van der Waals surface area contributed by atoms with Crippen LogP contribution in [-0.4, -0.2) is 59.6 Å². The van der Waals surface area contributed by atoms with Gasteiger partial charge in [-0.25, -0.2) is 9.36 Å². The molecule has 0 atom stereocenters. The Morgan fingerprint density at radius 2 is 1.92 bits per heavy atom. The first kappa shape index (κ1) is 19.5. The topological polar surface area (TPSA) is 99.9 Å². The second kappa shape index (κ2) is 8.48. The lowest BCUT2D eigenvalue weighted by Gasteiger charge is -2.12. The smallest absolute Gasteiger partial charge is 0.335 e. The van der Waals surface area contributed by atoms with Gasteiger partial charge in [0.25, 0.3) is 5.56 Å². The molecule has 0 saturated heterocycles. The summed E-state index contributed by atoms with van der Waals surface area (Å²) in [5, 5.41) is 10.6. The predicted octanol–water partition coefficient (Wildman–Crippen LogP) is 1.00. The zero-order chi connectivity index (χ0) is 19.3. The number of nitrogens with zero attached hydrogens (tertiary/aromatic N) is 3. The maximum atomic E-state index is 12.2. The van der Waals surface area contributed by atoms with Crippen LogP contribution in [0.3, 0.4) is 0 Å². The standard InChI is InChI=1S/C18H24N4O4/c1-12(19-10-5-11-21(2)3)15-16(23)20-18(25)22(17(15)24)13-6-8-14(26-4)9-7-13/h6-9,24H,5,10-11H2,1-4H3,(H,20,23,25). The molecule has 1 aromatic carbocycles. The number of benzene rings is 1. The van der Waals surface area contributed by atoms with E-state index in [4.69, 9.17) is 4.74 Å². The van der Waals surface area contributed by atoms with E-state index in [0.29, 0.717) is 23.7 Å². The highest BCUT2D eigenvalue weighted by Gasteiger charge is 2.17. The first-order chi connectivity index (χ1) is 12.3. The molecule has 8 nitrogen and oxygen atoms in total. The van der Waals surface area contributed by atoms with Gasteiger partial charge in [0.1, 0.15) is 11.3 Å². The zero-order valence-corrected chi connectivity index (χ0v) is 15.4. The number of nitrogens with one attached hydrogen (secondary N) is 1. The molecule has 2 N–H and O–H groups in total. The fraction of sp³-hybridized carbons (Fsp3) is 0.389. The highest BCUT2D eigenvalue weighted by Crippen LogP contribution is 2.19. The van der Waals surface area contributed by atoms with Crippen molar-refractivity contribution in [2.75, 3.05) is 34.3 Å². The largest absolute Gasteiger partial charge is 0.497 e. The molecule has 0 fully saturated rings. The van der Waals surface area contributed by atoms with Crippen molar-refractivity contribution in [3.05, 3.63) is 50.7 Å². The number of aromatic nitrogens is 2. The van der Waals surface area contributed by atoms with E-state index in [2.05, 4.69) is 9.98 Å². The van der Waals surface area contributed by atoms with Crippen LogP contribution in [0.1, 0.15) is 18.9 Å². The molecule has 26 heavy (non-hydrogen) atoms. The molecule has 0 amide bonds. The number of ether oxygens (including phenoxy) is 1. The highest BCUT2D eigenvalue weighted by molar-refractivity contribution is 6.00. The molecule has 8 heteroatoms. The predicted molar refractivity (Wildman–Crippen MR) is 101 cm³/mol. The van der Waals surface area contributed by atoms with Crippen LogP contribution in [0.5, 0.6) is 11.6 Å². The van der Waals surface area contributed by atoms with Crippen LogP contribution in [0.25, 0.3) is 5.69 Å². The summed E-state index contributed by atoms with van der Waals surface area (Å²) in [5.74, 6) is 0.183. The van der Waals surface area contributed by atoms with Gasteiger partial charge in [-0.15, -0.1) is 0 Å². The highest BCUT2D eigenvalue weighted by atomic mass is 16.5. The van der Waals surface area contributed by atoms with Crippen molar-refractivity contribution >= 4 is 5.71 Å². The van der Waals surface area contributed by atoms with Gasteiger partial charge in [-0.1, -0.05) is 0 Å². The Labute approximate surface area is 151 Å². The lowest BCUT2D eigenvalue weighted by atomic mass is 10.2. The number of aromatic amines is 1. The lowest BCUT2D eigenvalue weighted by molar-refractivity contribution is 0.403. The molecule has 0 radical (unpaired) electrons. The molecule has 0 saturated carbocycles. The molecule has 140 valence electrons. The summed E-state index contributed by atoms with van der Waals surface area (Å²) >= 11 is 0. The van der Waals surface area contributed by atoms with Gasteiger partial charge in [-0.05, 0) is 58.3 Å². The molecule has 0 aliphatic heterocycles. The fourth-order valence-electron chi connectivity index (χ4n) is 2.53. The van der Waals surface area contributed by atoms with Crippen molar-refractivity contribution in [3.63, 3.8) is 0 Å². The van der Waals surface area contributed by atoms with Crippen molar-refractivity contribution in [2.24, 2.45) is 4.99 Å². The maximum Gasteiger partial charge on any atom is 0.335 e. The Morgan fingerprint density at radius 1 is 1.27 bits per heavy atom. The number of rotatable bonds is 7. The van der Waals surface area contributed by atoms with E-state index in [9.17, 15) is 14.7 Å². The van der Waals surface area contributed by atoms with Gasteiger partial charge in [0, 0.05) is 12.3 Å². The van der Waals surface area contributed by atoms with Crippen molar-refractivity contribution in [1.29, 1.82) is 0 Å². The van der Waals surface area contributed by atoms with Crippen LogP contribution >= 0.6 is 0 Å². The summed E-state index contributed by atoms with van der Waals surface area (Å²) in [6.45, 7) is 3.03. The number of hydrogen-bond acceptors (Lipinski definition) is 6. The van der Waals surface area contributed by atoms with Crippen molar-refractivity contribution in [3.8, 4) is 17.3 Å². The molecule has 0 aliphatic rings. The monoisotopic (exact) mass is 360 g/mol. The summed E-state index contributed by atoms with van der Waals surface area (Å²) in [6, 6.07) is 6.56. The molecular formula is C18H24N4O4. The minimum absolute atomic E-state index is 0.00901. The summed E-state index contributed by atoms with van der Waals surface area (Å²) in [6.07, 6.45) is 0.821. The van der Waals surface area contributed by atoms with Crippen molar-refractivity contribution in [1.82, 2.24) is 14.5 Å². The first-order valence-corrected chi connectivity index (χ1v) is 8.24. The molecule has 0 spiro atoms. The molecule has 2 rings (SSSR count). The number of hydrogen-bond donors (Lipinski definition) is 2. The van der Waals surface area contributed by atoms with Crippen LogP contribution < -0.4 is 16.0 Å². The first-order valence-electron chi connectivity index (χ1n) is 8.24. The summed E-state index contributed by atoms with van der Waals surface area (Å²) in [7, 11) is 5.47. The van der Waals surface area contributed by atoms with Crippen molar-refractivity contribution < 1.29 is 9.84 Å². The van der Waals surface area contributed by atoms with E-state index < -0.39 is 17.1 Å². The Bertz CT molecular complexity index is 895. The van der Waals surface area contributed by atoms with E-state index in [0.717, 1.165) is 17.5 Å². The van der Waals surface area contributed by atoms with E-state index in [1.54, 1.807) is 31.2 Å². The summed E-state index contributed by atoms with van der Waals surface area (Å²) < 4.78 is 6.12. The van der Waals surface area contributed by atoms with E-state index in [1.807, 2.05) is 19.0 Å². The van der Waals surface area contributed by atoms with E-state index in [-0.39, 0.29) is 5.56 Å². The van der Waals surface area contributed by atoms with Crippen LogP contribution in [0.4, 0.5) is 0 Å². The molecular weight excluding hydrogens is 336 g/mol. The van der Waals surface area contributed by atoms with Crippen molar-refractivity contribution in [2.45, 2.75) is 13.3 Å². The fourth-order valence-corrected chi connectivity index (χ4v) is 2.53. The minimum Gasteiger partial charge on any atom is -0.497 e. The number of H-pyrrole nitrogens is 1. The van der Waals surface area contributed by atoms with Gasteiger partial charge >= 0.3 is 5.69 Å². The Kier molecular flexibility index (Phi) is 6.35. The van der Waals surface area contributed by atoms with E-state index >= 15 is 0 Å². The number of aliphatic imine (C=N–C) groups is 1. The van der Waals surface area contributed by atoms with Crippen LogP contribution in [0.15, 0.2) is 38.8 Å². The molecule has 1 heterocycles. The third-order valence-corrected chi connectivity index (χ3v) is 3.89. The Morgan fingerprint density at radius 3 is 2.50 bits per heavy atom. The molecule has 0 bridgehead atoms. The van der Waals surface area contributed by atoms with Gasteiger partial charge < -0.3 is 14.7 Å². The Hall–Kier alpha value is -2.87. The summed E-state index contributed by atoms with van der Waals surface area (Å²) in [4.78, 5) is 33.0.